The maximum absolute atomic E-state index is 12.5. The zero-order chi connectivity index (χ0) is 10.6. The Morgan fingerprint density at radius 1 is 1.50 bits per heavy atom. The summed E-state index contributed by atoms with van der Waals surface area (Å²) in [5.74, 6) is 1.32. The number of hydrogen-bond donors (Lipinski definition) is 0. The van der Waals surface area contributed by atoms with Crippen LogP contribution in [0.4, 0.5) is 4.39 Å². The number of carbonyl (C=O) groups excluding carboxylic acids is 1. The molecule has 0 aliphatic heterocycles. The quantitative estimate of drug-likeness (QED) is 0.529. The highest BCUT2D eigenvalue weighted by Gasteiger charge is 2.09. The molecule has 0 saturated carbocycles. The van der Waals surface area contributed by atoms with Gasteiger partial charge < -0.3 is 4.74 Å². The second kappa shape index (κ2) is 4.43. The van der Waals surface area contributed by atoms with Gasteiger partial charge in [0.1, 0.15) is 5.82 Å². The normalized spacial score (nSPS) is 11.5. The first-order valence-corrected chi connectivity index (χ1v) is 4.06. The Hall–Kier alpha value is -1.82. The van der Waals surface area contributed by atoms with Gasteiger partial charge in [-0.05, 0) is 31.2 Å². The van der Waals surface area contributed by atoms with Crippen LogP contribution < -0.4 is 0 Å². The third-order valence-electron chi connectivity index (χ3n) is 1.60. The molecule has 0 aliphatic rings. The van der Waals surface area contributed by atoms with Gasteiger partial charge in [-0.1, -0.05) is 5.92 Å². The third kappa shape index (κ3) is 2.60. The van der Waals surface area contributed by atoms with Crippen LogP contribution in [0.3, 0.4) is 0 Å². The highest BCUT2D eigenvalue weighted by atomic mass is 19.1. The lowest BCUT2D eigenvalue weighted by atomic mass is 10.2. The van der Waals surface area contributed by atoms with E-state index in [2.05, 4.69) is 5.92 Å². The van der Waals surface area contributed by atoms with Gasteiger partial charge >= 0.3 is 5.97 Å². The van der Waals surface area contributed by atoms with Crippen molar-refractivity contribution in [3.05, 3.63) is 35.6 Å². The van der Waals surface area contributed by atoms with Crippen molar-refractivity contribution < 1.29 is 13.9 Å². The Labute approximate surface area is 81.7 Å². The van der Waals surface area contributed by atoms with Crippen LogP contribution in [0.25, 0.3) is 0 Å². The summed E-state index contributed by atoms with van der Waals surface area (Å²) in [4.78, 5) is 11.3. The van der Waals surface area contributed by atoms with Gasteiger partial charge in [0.2, 0.25) is 0 Å². The molecular formula is C11H9FO2. The molecule has 0 N–H and O–H groups in total. The first-order valence-electron chi connectivity index (χ1n) is 4.06. The zero-order valence-electron chi connectivity index (χ0n) is 7.66. The maximum atomic E-state index is 12.5. The third-order valence-corrected chi connectivity index (χ3v) is 1.60. The van der Waals surface area contributed by atoms with Crippen LogP contribution >= 0.6 is 0 Å². The van der Waals surface area contributed by atoms with Crippen molar-refractivity contribution in [1.29, 1.82) is 0 Å². The lowest BCUT2D eigenvalue weighted by Gasteiger charge is -2.06. The largest absolute Gasteiger partial charge is 0.446 e. The second-order valence-corrected chi connectivity index (χ2v) is 2.72. The lowest BCUT2D eigenvalue weighted by molar-refractivity contribution is 0.0439. The van der Waals surface area contributed by atoms with Crippen LogP contribution in [-0.4, -0.2) is 12.1 Å². The number of halogens is 1. The van der Waals surface area contributed by atoms with Gasteiger partial charge in [0.15, 0.2) is 6.10 Å². The Morgan fingerprint density at radius 2 is 2.07 bits per heavy atom. The van der Waals surface area contributed by atoms with Gasteiger partial charge in [0.25, 0.3) is 0 Å². The number of esters is 1. The number of ether oxygens (including phenoxy) is 1. The van der Waals surface area contributed by atoms with E-state index in [1.54, 1.807) is 6.92 Å². The lowest BCUT2D eigenvalue weighted by Crippen LogP contribution is -2.12. The maximum Gasteiger partial charge on any atom is 0.339 e. The van der Waals surface area contributed by atoms with Crippen molar-refractivity contribution in [2.75, 3.05) is 0 Å². The molecule has 0 fully saturated rings. The van der Waals surface area contributed by atoms with E-state index in [0.29, 0.717) is 0 Å². The smallest absolute Gasteiger partial charge is 0.339 e. The Morgan fingerprint density at radius 3 is 2.57 bits per heavy atom. The van der Waals surface area contributed by atoms with Gasteiger partial charge in [-0.3, -0.25) is 0 Å². The number of hydrogen-bond acceptors (Lipinski definition) is 2. The van der Waals surface area contributed by atoms with E-state index in [-0.39, 0.29) is 5.56 Å². The highest BCUT2D eigenvalue weighted by Crippen LogP contribution is 2.05. The summed E-state index contributed by atoms with van der Waals surface area (Å²) in [6, 6.07) is 5.08. The molecule has 1 unspecified atom stereocenters. The Kier molecular flexibility index (Phi) is 3.24. The average Bonchev–Trinajstić information content (AvgIpc) is 2.18. The predicted octanol–water partition coefficient (Wildman–Crippen LogP) is 2.00. The molecule has 0 amide bonds. The average molecular weight is 192 g/mol. The molecule has 2 nitrogen and oxygen atoms in total. The number of benzene rings is 1. The van der Waals surface area contributed by atoms with E-state index < -0.39 is 17.9 Å². The molecule has 1 aromatic carbocycles. The van der Waals surface area contributed by atoms with E-state index in [1.165, 1.54) is 24.3 Å². The molecule has 0 spiro atoms. The molecule has 0 radical (unpaired) electrons. The standard InChI is InChI=1S/C11H9FO2/c1-3-8(2)14-11(13)9-4-6-10(12)7-5-9/h1,4-8H,2H3. The van der Waals surface area contributed by atoms with Crippen molar-refractivity contribution in [3.63, 3.8) is 0 Å². The van der Waals surface area contributed by atoms with Crippen LogP contribution in [0.1, 0.15) is 17.3 Å². The number of rotatable bonds is 2. The molecule has 1 rings (SSSR count). The Balaban J connectivity index is 2.71. The molecule has 0 aliphatic carbocycles. The van der Waals surface area contributed by atoms with E-state index >= 15 is 0 Å². The van der Waals surface area contributed by atoms with Crippen LogP contribution in [0, 0.1) is 18.2 Å². The van der Waals surface area contributed by atoms with Gasteiger partial charge in [0, 0.05) is 0 Å². The Bertz CT molecular complexity index is 362. The van der Waals surface area contributed by atoms with E-state index in [4.69, 9.17) is 11.2 Å². The van der Waals surface area contributed by atoms with Crippen molar-refractivity contribution in [1.82, 2.24) is 0 Å². The van der Waals surface area contributed by atoms with Crippen molar-refractivity contribution in [3.8, 4) is 12.3 Å². The minimum atomic E-state index is -0.576. The molecule has 0 aromatic heterocycles. The number of terminal acetylenes is 1. The van der Waals surface area contributed by atoms with E-state index in [9.17, 15) is 9.18 Å². The first kappa shape index (κ1) is 10.3. The minimum Gasteiger partial charge on any atom is -0.446 e. The van der Waals surface area contributed by atoms with Gasteiger partial charge in [-0.15, -0.1) is 6.42 Å². The molecule has 1 aromatic rings. The topological polar surface area (TPSA) is 26.3 Å². The second-order valence-electron chi connectivity index (χ2n) is 2.72. The van der Waals surface area contributed by atoms with Crippen molar-refractivity contribution in [2.45, 2.75) is 13.0 Å². The van der Waals surface area contributed by atoms with E-state index in [0.717, 1.165) is 0 Å². The summed E-state index contributed by atoms with van der Waals surface area (Å²) < 4.78 is 17.3. The summed E-state index contributed by atoms with van der Waals surface area (Å²) in [6.45, 7) is 1.58. The molecule has 0 bridgehead atoms. The highest BCUT2D eigenvalue weighted by molar-refractivity contribution is 5.89. The van der Waals surface area contributed by atoms with Crippen LogP contribution in [0.2, 0.25) is 0 Å². The van der Waals surface area contributed by atoms with Crippen molar-refractivity contribution in [2.24, 2.45) is 0 Å². The first-order chi connectivity index (χ1) is 6.63. The van der Waals surface area contributed by atoms with Gasteiger partial charge in [-0.25, -0.2) is 9.18 Å². The molecular weight excluding hydrogens is 183 g/mol. The minimum absolute atomic E-state index is 0.286. The molecule has 3 heteroatoms. The molecule has 0 heterocycles. The summed E-state index contributed by atoms with van der Waals surface area (Å²) in [6.07, 6.45) is 4.46. The zero-order valence-corrected chi connectivity index (χ0v) is 7.66. The predicted molar refractivity (Wildman–Crippen MR) is 50.1 cm³/mol. The van der Waals surface area contributed by atoms with Crippen molar-refractivity contribution >= 4 is 5.97 Å². The van der Waals surface area contributed by atoms with Crippen LogP contribution in [0.5, 0.6) is 0 Å². The molecule has 0 saturated heterocycles. The molecule has 1 atom stereocenters. The number of carbonyl (C=O) groups is 1. The van der Waals surface area contributed by atoms with E-state index in [1.807, 2.05) is 0 Å². The fourth-order valence-electron chi connectivity index (χ4n) is 0.849. The van der Waals surface area contributed by atoms with Gasteiger partial charge in [0.05, 0.1) is 5.56 Å². The fraction of sp³-hybridized carbons (Fsp3) is 0.182. The fourth-order valence-corrected chi connectivity index (χ4v) is 0.849. The van der Waals surface area contributed by atoms with Crippen LogP contribution in [-0.2, 0) is 4.74 Å². The summed E-state index contributed by atoms with van der Waals surface area (Å²) in [5.41, 5.74) is 0.286. The summed E-state index contributed by atoms with van der Waals surface area (Å²) in [5, 5.41) is 0. The summed E-state index contributed by atoms with van der Waals surface area (Å²) >= 11 is 0. The SMILES string of the molecule is C#CC(C)OC(=O)c1ccc(F)cc1. The van der Waals surface area contributed by atoms with Gasteiger partial charge in [-0.2, -0.15) is 0 Å². The van der Waals surface area contributed by atoms with Crippen LogP contribution in [0.15, 0.2) is 24.3 Å². The molecule has 72 valence electrons. The summed E-state index contributed by atoms with van der Waals surface area (Å²) in [7, 11) is 0. The monoisotopic (exact) mass is 192 g/mol. The molecule has 14 heavy (non-hydrogen) atoms.